The molecule has 1 aromatic heterocycles. The fourth-order valence-electron chi connectivity index (χ4n) is 2.44. The predicted molar refractivity (Wildman–Crippen MR) is 81.8 cm³/mol. The Kier molecular flexibility index (Phi) is 5.70. The van der Waals surface area contributed by atoms with Crippen molar-refractivity contribution in [3.05, 3.63) is 22.5 Å². The van der Waals surface area contributed by atoms with Gasteiger partial charge in [0, 0.05) is 39.7 Å². The van der Waals surface area contributed by atoms with Crippen molar-refractivity contribution in [3.63, 3.8) is 0 Å². The second-order valence-corrected chi connectivity index (χ2v) is 5.30. The summed E-state index contributed by atoms with van der Waals surface area (Å²) < 4.78 is 6.92. The van der Waals surface area contributed by atoms with Crippen molar-refractivity contribution in [2.24, 2.45) is 10.9 Å². The summed E-state index contributed by atoms with van der Waals surface area (Å²) >= 11 is 0. The molecular formula is C13H22N6O3. The SMILES string of the molecule is CN=C(NCCn1cc([N+](=O)[O-])cn1)N(C)CC1CCOC1. The van der Waals surface area contributed by atoms with Crippen LogP contribution in [0.2, 0.25) is 0 Å². The van der Waals surface area contributed by atoms with Crippen LogP contribution in [-0.2, 0) is 11.3 Å². The van der Waals surface area contributed by atoms with E-state index >= 15 is 0 Å². The molecule has 0 amide bonds. The lowest BCUT2D eigenvalue weighted by atomic mass is 10.1. The summed E-state index contributed by atoms with van der Waals surface area (Å²) in [5.74, 6) is 1.34. The standard InChI is InChI=1S/C13H22N6O3/c1-14-13(17(2)8-11-3-6-22-10-11)15-4-5-18-9-12(7-16-18)19(20)21/h7,9,11H,3-6,8,10H2,1-2H3,(H,14,15). The van der Waals surface area contributed by atoms with Crippen LogP contribution < -0.4 is 5.32 Å². The third kappa shape index (κ3) is 4.42. The molecule has 9 nitrogen and oxygen atoms in total. The van der Waals surface area contributed by atoms with Crippen LogP contribution in [0.1, 0.15) is 6.42 Å². The Morgan fingerprint density at radius 3 is 3.14 bits per heavy atom. The van der Waals surface area contributed by atoms with E-state index < -0.39 is 4.92 Å². The summed E-state index contributed by atoms with van der Waals surface area (Å²) in [6.45, 7) is 3.66. The van der Waals surface area contributed by atoms with Crippen molar-refractivity contribution in [1.29, 1.82) is 0 Å². The lowest BCUT2D eigenvalue weighted by Crippen LogP contribution is -2.42. The number of aromatic nitrogens is 2. The molecule has 9 heteroatoms. The van der Waals surface area contributed by atoms with E-state index in [-0.39, 0.29) is 5.69 Å². The quantitative estimate of drug-likeness (QED) is 0.352. The monoisotopic (exact) mass is 310 g/mol. The average molecular weight is 310 g/mol. The summed E-state index contributed by atoms with van der Waals surface area (Å²) in [6.07, 6.45) is 3.75. The van der Waals surface area contributed by atoms with Gasteiger partial charge in [0.2, 0.25) is 0 Å². The molecule has 0 radical (unpaired) electrons. The highest BCUT2D eigenvalue weighted by molar-refractivity contribution is 5.79. The molecule has 0 aromatic carbocycles. The first-order valence-electron chi connectivity index (χ1n) is 7.26. The van der Waals surface area contributed by atoms with E-state index in [4.69, 9.17) is 4.74 Å². The van der Waals surface area contributed by atoms with Crippen LogP contribution in [0, 0.1) is 16.0 Å². The topological polar surface area (TPSA) is 97.8 Å². The number of rotatable bonds is 6. The minimum atomic E-state index is -0.451. The first-order chi connectivity index (χ1) is 10.6. The summed E-state index contributed by atoms with van der Waals surface area (Å²) in [5, 5.41) is 17.8. The Hall–Kier alpha value is -2.16. The largest absolute Gasteiger partial charge is 0.381 e. The van der Waals surface area contributed by atoms with Gasteiger partial charge in [-0.05, 0) is 6.42 Å². The fraction of sp³-hybridized carbons (Fsp3) is 0.692. The van der Waals surface area contributed by atoms with Gasteiger partial charge in [0.15, 0.2) is 5.96 Å². The number of nitro groups is 1. The Labute approximate surface area is 129 Å². The maximum atomic E-state index is 10.6. The third-order valence-electron chi connectivity index (χ3n) is 3.58. The number of aliphatic imine (C=N–C) groups is 1. The third-order valence-corrected chi connectivity index (χ3v) is 3.58. The zero-order valence-corrected chi connectivity index (χ0v) is 12.9. The summed E-state index contributed by atoms with van der Waals surface area (Å²) in [5.41, 5.74) is 0.00253. The molecule has 1 aliphatic rings. The lowest BCUT2D eigenvalue weighted by molar-refractivity contribution is -0.385. The van der Waals surface area contributed by atoms with Crippen molar-refractivity contribution >= 4 is 11.6 Å². The second-order valence-electron chi connectivity index (χ2n) is 5.30. The Bertz CT molecular complexity index is 524. The number of guanidine groups is 1. The van der Waals surface area contributed by atoms with Gasteiger partial charge in [-0.15, -0.1) is 0 Å². The summed E-state index contributed by atoms with van der Waals surface area (Å²) in [7, 11) is 3.73. The number of nitrogens with zero attached hydrogens (tertiary/aromatic N) is 5. The minimum absolute atomic E-state index is 0.00253. The van der Waals surface area contributed by atoms with Crippen LogP contribution in [0.25, 0.3) is 0 Å². The zero-order chi connectivity index (χ0) is 15.9. The predicted octanol–water partition coefficient (Wildman–Crippen LogP) is 0.335. The molecule has 1 fully saturated rings. The number of hydrogen-bond acceptors (Lipinski definition) is 5. The van der Waals surface area contributed by atoms with E-state index in [1.807, 2.05) is 7.05 Å². The summed E-state index contributed by atoms with van der Waals surface area (Å²) in [4.78, 5) is 16.5. The number of ether oxygens (including phenoxy) is 1. The molecule has 2 rings (SSSR count). The van der Waals surface area contributed by atoms with Gasteiger partial charge in [0.05, 0.1) is 18.1 Å². The first kappa shape index (κ1) is 16.2. The minimum Gasteiger partial charge on any atom is -0.381 e. The molecule has 1 atom stereocenters. The van der Waals surface area contributed by atoms with E-state index in [0.717, 1.165) is 32.1 Å². The molecule has 22 heavy (non-hydrogen) atoms. The van der Waals surface area contributed by atoms with Crippen molar-refractivity contribution in [2.75, 3.05) is 40.4 Å². The van der Waals surface area contributed by atoms with Gasteiger partial charge in [-0.25, -0.2) is 0 Å². The van der Waals surface area contributed by atoms with E-state index in [0.29, 0.717) is 19.0 Å². The van der Waals surface area contributed by atoms with Crippen molar-refractivity contribution < 1.29 is 9.66 Å². The van der Waals surface area contributed by atoms with Gasteiger partial charge in [-0.2, -0.15) is 5.10 Å². The average Bonchev–Trinajstić information content (AvgIpc) is 3.14. The molecule has 1 aliphatic heterocycles. The van der Waals surface area contributed by atoms with Gasteiger partial charge in [0.1, 0.15) is 12.4 Å². The normalized spacial score (nSPS) is 18.5. The van der Waals surface area contributed by atoms with Crippen LogP contribution in [0.3, 0.4) is 0 Å². The van der Waals surface area contributed by atoms with Crippen molar-refractivity contribution in [1.82, 2.24) is 20.0 Å². The maximum absolute atomic E-state index is 10.6. The Morgan fingerprint density at radius 2 is 2.55 bits per heavy atom. The zero-order valence-electron chi connectivity index (χ0n) is 12.9. The second kappa shape index (κ2) is 7.74. The van der Waals surface area contributed by atoms with Crippen LogP contribution in [0.4, 0.5) is 5.69 Å². The van der Waals surface area contributed by atoms with Crippen molar-refractivity contribution in [3.8, 4) is 0 Å². The van der Waals surface area contributed by atoms with Crippen LogP contribution in [0.15, 0.2) is 17.4 Å². The maximum Gasteiger partial charge on any atom is 0.306 e. The molecule has 0 bridgehead atoms. The van der Waals surface area contributed by atoms with E-state index in [1.165, 1.54) is 12.4 Å². The molecule has 0 saturated carbocycles. The van der Waals surface area contributed by atoms with Gasteiger partial charge in [0.25, 0.3) is 0 Å². The van der Waals surface area contributed by atoms with Gasteiger partial charge < -0.3 is 15.0 Å². The molecule has 0 spiro atoms. The van der Waals surface area contributed by atoms with Gasteiger partial charge in [-0.1, -0.05) is 0 Å². The molecular weight excluding hydrogens is 288 g/mol. The number of hydrogen-bond donors (Lipinski definition) is 1. The van der Waals surface area contributed by atoms with Gasteiger partial charge in [-0.3, -0.25) is 19.8 Å². The molecule has 0 aliphatic carbocycles. The van der Waals surface area contributed by atoms with Gasteiger partial charge >= 0.3 is 5.69 Å². The highest BCUT2D eigenvalue weighted by Crippen LogP contribution is 2.13. The molecule has 1 saturated heterocycles. The molecule has 1 aromatic rings. The smallest absolute Gasteiger partial charge is 0.306 e. The fourth-order valence-corrected chi connectivity index (χ4v) is 2.44. The lowest BCUT2D eigenvalue weighted by Gasteiger charge is -2.24. The molecule has 2 heterocycles. The Morgan fingerprint density at radius 1 is 1.73 bits per heavy atom. The molecule has 122 valence electrons. The first-order valence-corrected chi connectivity index (χ1v) is 7.26. The highest BCUT2D eigenvalue weighted by Gasteiger charge is 2.19. The van der Waals surface area contributed by atoms with E-state index in [2.05, 4.69) is 20.3 Å². The van der Waals surface area contributed by atoms with Crippen LogP contribution in [0.5, 0.6) is 0 Å². The van der Waals surface area contributed by atoms with Crippen LogP contribution in [-0.4, -0.2) is 66.0 Å². The van der Waals surface area contributed by atoms with Crippen molar-refractivity contribution in [2.45, 2.75) is 13.0 Å². The summed E-state index contributed by atoms with van der Waals surface area (Å²) in [6, 6.07) is 0. The van der Waals surface area contributed by atoms with Crippen LogP contribution >= 0.6 is 0 Å². The molecule has 1 unspecified atom stereocenters. The number of nitrogens with one attached hydrogen (secondary N) is 1. The van der Waals surface area contributed by atoms with E-state index in [9.17, 15) is 10.1 Å². The highest BCUT2D eigenvalue weighted by atomic mass is 16.6. The molecule has 1 N–H and O–H groups in total. The van der Waals surface area contributed by atoms with E-state index in [1.54, 1.807) is 11.7 Å². The Balaban J connectivity index is 1.76.